The molecule has 0 bridgehead atoms. The molecule has 0 radical (unpaired) electrons. The van der Waals surface area contributed by atoms with Crippen LogP contribution in [0.3, 0.4) is 0 Å². The highest BCUT2D eigenvalue weighted by Gasteiger charge is 2.49. The van der Waals surface area contributed by atoms with Gasteiger partial charge in [-0.2, -0.15) is 18.3 Å². The summed E-state index contributed by atoms with van der Waals surface area (Å²) in [6.07, 6.45) is -0.347. The SMILES string of the molecule is C=C/C=C(\CC)C1(c2ccc(Br)cc2)c2ccccc2-c2cc(C(F)(F)F)nn21. The minimum atomic E-state index is -4.52. The van der Waals surface area contributed by atoms with E-state index >= 15 is 0 Å². The molecule has 29 heavy (non-hydrogen) atoms. The Morgan fingerprint density at radius 3 is 2.48 bits per heavy atom. The monoisotopic (exact) mass is 458 g/mol. The van der Waals surface area contributed by atoms with Gasteiger partial charge >= 0.3 is 6.18 Å². The van der Waals surface area contributed by atoms with Gasteiger partial charge in [-0.1, -0.05) is 78.0 Å². The average molecular weight is 459 g/mol. The summed E-state index contributed by atoms with van der Waals surface area (Å²) >= 11 is 3.45. The van der Waals surface area contributed by atoms with E-state index in [9.17, 15) is 13.2 Å². The lowest BCUT2D eigenvalue weighted by Gasteiger charge is -2.35. The Hall–Kier alpha value is -2.60. The molecule has 2 aromatic carbocycles. The topological polar surface area (TPSA) is 17.8 Å². The van der Waals surface area contributed by atoms with Crippen LogP contribution >= 0.6 is 15.9 Å². The van der Waals surface area contributed by atoms with Crippen LogP contribution in [0.4, 0.5) is 13.2 Å². The van der Waals surface area contributed by atoms with Crippen LogP contribution in [0.1, 0.15) is 30.2 Å². The molecule has 0 fully saturated rings. The lowest BCUT2D eigenvalue weighted by Crippen LogP contribution is -2.37. The van der Waals surface area contributed by atoms with Gasteiger partial charge in [-0.15, -0.1) is 0 Å². The summed E-state index contributed by atoms with van der Waals surface area (Å²) in [4.78, 5) is 0. The van der Waals surface area contributed by atoms with Crippen molar-refractivity contribution in [3.63, 3.8) is 0 Å². The summed E-state index contributed by atoms with van der Waals surface area (Å²) in [6, 6.07) is 16.3. The summed E-state index contributed by atoms with van der Waals surface area (Å²) in [5.74, 6) is 0. The first-order valence-corrected chi connectivity index (χ1v) is 9.99. The summed E-state index contributed by atoms with van der Waals surface area (Å²) in [5.41, 5.74) is 2.02. The van der Waals surface area contributed by atoms with Crippen LogP contribution in [0.2, 0.25) is 0 Å². The van der Waals surface area contributed by atoms with E-state index in [-0.39, 0.29) is 0 Å². The molecule has 1 unspecified atom stereocenters. The molecule has 0 N–H and O–H groups in total. The molecule has 3 aromatic rings. The molecule has 0 saturated carbocycles. The highest BCUT2D eigenvalue weighted by Crippen LogP contribution is 2.53. The maximum Gasteiger partial charge on any atom is 0.435 e. The second kappa shape index (κ2) is 7.02. The van der Waals surface area contributed by atoms with Crippen molar-refractivity contribution in [3.05, 3.63) is 100 Å². The number of allylic oxidation sites excluding steroid dienone is 3. The third-order valence-electron chi connectivity index (χ3n) is 5.34. The number of fused-ring (bicyclic) bond motifs is 3. The fourth-order valence-electron chi connectivity index (χ4n) is 4.20. The maximum atomic E-state index is 13.5. The number of rotatable bonds is 4. The molecule has 1 atom stereocenters. The second-order valence-electron chi connectivity index (χ2n) is 6.87. The minimum absolute atomic E-state index is 0.458. The van der Waals surface area contributed by atoms with Gasteiger partial charge in [0, 0.05) is 10.0 Å². The molecule has 2 heterocycles. The highest BCUT2D eigenvalue weighted by atomic mass is 79.9. The van der Waals surface area contributed by atoms with Crippen molar-refractivity contribution in [2.24, 2.45) is 0 Å². The molecule has 6 heteroatoms. The molecule has 0 saturated heterocycles. The molecule has 148 valence electrons. The zero-order chi connectivity index (χ0) is 20.8. The molecule has 0 amide bonds. The quantitative estimate of drug-likeness (QED) is 0.386. The third-order valence-corrected chi connectivity index (χ3v) is 5.87. The van der Waals surface area contributed by atoms with Gasteiger partial charge in [0.15, 0.2) is 5.69 Å². The Morgan fingerprint density at radius 1 is 1.17 bits per heavy atom. The zero-order valence-electron chi connectivity index (χ0n) is 15.7. The number of alkyl halides is 3. The van der Waals surface area contributed by atoms with Crippen LogP contribution in [0, 0.1) is 0 Å². The first kappa shape index (κ1) is 19.7. The number of hydrogen-bond acceptors (Lipinski definition) is 1. The van der Waals surface area contributed by atoms with Crippen LogP contribution in [-0.2, 0) is 11.7 Å². The fraction of sp³-hybridized carbons (Fsp3) is 0.174. The van der Waals surface area contributed by atoms with E-state index in [2.05, 4.69) is 27.6 Å². The number of benzene rings is 2. The van der Waals surface area contributed by atoms with E-state index in [0.717, 1.165) is 32.8 Å². The molecular weight excluding hydrogens is 441 g/mol. The van der Waals surface area contributed by atoms with Gasteiger partial charge in [0.05, 0.1) is 5.69 Å². The van der Waals surface area contributed by atoms with E-state index in [1.54, 1.807) is 6.08 Å². The van der Waals surface area contributed by atoms with Gasteiger partial charge in [0.1, 0.15) is 5.54 Å². The Morgan fingerprint density at radius 2 is 1.86 bits per heavy atom. The van der Waals surface area contributed by atoms with Crippen LogP contribution in [0.5, 0.6) is 0 Å². The Labute approximate surface area is 175 Å². The van der Waals surface area contributed by atoms with Gasteiger partial charge in [0.25, 0.3) is 0 Å². The molecule has 0 aliphatic carbocycles. The summed E-state index contributed by atoms with van der Waals surface area (Å²) in [5, 5.41) is 4.09. The maximum absolute atomic E-state index is 13.5. The van der Waals surface area contributed by atoms with Crippen molar-refractivity contribution in [3.8, 4) is 11.3 Å². The van der Waals surface area contributed by atoms with Crippen molar-refractivity contribution < 1.29 is 13.2 Å². The van der Waals surface area contributed by atoms with E-state index < -0.39 is 17.4 Å². The Balaban J connectivity index is 2.16. The summed E-state index contributed by atoms with van der Waals surface area (Å²) < 4.78 is 43.1. The van der Waals surface area contributed by atoms with Crippen molar-refractivity contribution in [2.45, 2.75) is 25.1 Å². The van der Waals surface area contributed by atoms with Crippen molar-refractivity contribution in [1.29, 1.82) is 0 Å². The smallest absolute Gasteiger partial charge is 0.245 e. The first-order valence-electron chi connectivity index (χ1n) is 9.19. The Bertz CT molecular complexity index is 1110. The standard InChI is InChI=1S/C23H18BrF3N2/c1-3-7-15(4-2)22(16-10-12-17(24)13-11-16)19-9-6-5-8-18(19)20-14-21(23(25,26)27)28-29(20)22/h3,5-14H,1,4H2,2H3/b15-7+. The van der Waals surface area contributed by atoms with Gasteiger partial charge in [-0.05, 0) is 41.3 Å². The van der Waals surface area contributed by atoms with Crippen LogP contribution in [0.15, 0.2) is 83.4 Å². The van der Waals surface area contributed by atoms with E-state index in [1.165, 1.54) is 4.68 Å². The molecule has 0 spiro atoms. The number of nitrogens with zero attached hydrogens (tertiary/aromatic N) is 2. The molecular formula is C23H18BrF3N2. The van der Waals surface area contributed by atoms with E-state index in [4.69, 9.17) is 0 Å². The molecule has 2 nitrogen and oxygen atoms in total. The Kier molecular flexibility index (Phi) is 4.77. The first-order chi connectivity index (χ1) is 13.8. The van der Waals surface area contributed by atoms with Gasteiger partial charge in [-0.3, -0.25) is 0 Å². The lowest BCUT2D eigenvalue weighted by molar-refractivity contribution is -0.141. The van der Waals surface area contributed by atoms with Crippen molar-refractivity contribution >= 4 is 15.9 Å². The predicted octanol–water partition coefficient (Wildman–Crippen LogP) is 6.96. The van der Waals surface area contributed by atoms with Crippen molar-refractivity contribution in [1.82, 2.24) is 9.78 Å². The van der Waals surface area contributed by atoms with Crippen LogP contribution in [-0.4, -0.2) is 9.78 Å². The van der Waals surface area contributed by atoms with Gasteiger partial charge < -0.3 is 0 Å². The van der Waals surface area contributed by atoms with Gasteiger partial charge in [-0.25, -0.2) is 4.68 Å². The summed E-state index contributed by atoms with van der Waals surface area (Å²) in [6.45, 7) is 5.81. The second-order valence-corrected chi connectivity index (χ2v) is 7.78. The van der Waals surface area contributed by atoms with E-state index in [1.807, 2.05) is 61.5 Å². The highest BCUT2D eigenvalue weighted by molar-refractivity contribution is 9.10. The van der Waals surface area contributed by atoms with Crippen molar-refractivity contribution in [2.75, 3.05) is 0 Å². The number of halogens is 4. The number of aromatic nitrogens is 2. The molecule has 1 aromatic heterocycles. The lowest BCUT2D eigenvalue weighted by atomic mass is 9.76. The van der Waals surface area contributed by atoms with E-state index in [0.29, 0.717) is 12.1 Å². The largest absolute Gasteiger partial charge is 0.435 e. The molecule has 1 aliphatic rings. The predicted molar refractivity (Wildman–Crippen MR) is 112 cm³/mol. The number of hydrogen-bond donors (Lipinski definition) is 0. The summed E-state index contributed by atoms with van der Waals surface area (Å²) in [7, 11) is 0. The third kappa shape index (κ3) is 2.89. The molecule has 1 aliphatic heterocycles. The molecule has 4 rings (SSSR count). The fourth-order valence-corrected chi connectivity index (χ4v) is 4.47. The van der Waals surface area contributed by atoms with Gasteiger partial charge in [0.2, 0.25) is 0 Å². The average Bonchev–Trinajstić information content (AvgIpc) is 3.24. The van der Waals surface area contributed by atoms with Crippen LogP contribution < -0.4 is 0 Å². The minimum Gasteiger partial charge on any atom is -0.245 e. The normalized spacial score (nSPS) is 18.4. The zero-order valence-corrected chi connectivity index (χ0v) is 17.3. The van der Waals surface area contributed by atoms with Crippen LogP contribution in [0.25, 0.3) is 11.3 Å².